The quantitative estimate of drug-likeness (QED) is 0.349. The van der Waals surface area contributed by atoms with Gasteiger partial charge in [0.05, 0.1) is 4.92 Å². The first kappa shape index (κ1) is 18.2. The SMILES string of the molecule is O=[N+]([O-])c1c(OC(F)(F)F)cc(S(=O)(=O)Cl)nc1C(F)(F)F. The van der Waals surface area contributed by atoms with E-state index >= 15 is 0 Å². The van der Waals surface area contributed by atoms with Gasteiger partial charge in [-0.1, -0.05) is 0 Å². The van der Waals surface area contributed by atoms with E-state index in [9.17, 15) is 44.9 Å². The summed E-state index contributed by atoms with van der Waals surface area (Å²) in [5, 5.41) is 8.88. The Balaban J connectivity index is 3.82. The van der Waals surface area contributed by atoms with Crippen LogP contribution in [0.4, 0.5) is 32.0 Å². The van der Waals surface area contributed by atoms with Crippen LogP contribution in [0, 0.1) is 10.1 Å². The smallest absolute Gasteiger partial charge is 0.398 e. The fourth-order valence-corrected chi connectivity index (χ4v) is 1.88. The van der Waals surface area contributed by atoms with Crippen LogP contribution < -0.4 is 4.74 Å². The molecular formula is C7HClF6N2O5S. The zero-order chi connectivity index (χ0) is 17.5. The number of nitrogens with zero attached hydrogens (tertiary/aromatic N) is 2. The van der Waals surface area contributed by atoms with Crippen molar-refractivity contribution >= 4 is 25.4 Å². The fourth-order valence-electron chi connectivity index (χ4n) is 1.19. The van der Waals surface area contributed by atoms with Gasteiger partial charge in [-0.25, -0.2) is 13.4 Å². The molecule has 0 amide bonds. The number of aromatic nitrogens is 1. The number of nitro groups is 1. The summed E-state index contributed by atoms with van der Waals surface area (Å²) >= 11 is 0. The first-order chi connectivity index (χ1) is 9.63. The molecule has 0 bridgehead atoms. The molecule has 0 atom stereocenters. The van der Waals surface area contributed by atoms with Gasteiger partial charge in [-0.15, -0.1) is 13.2 Å². The van der Waals surface area contributed by atoms with Crippen molar-refractivity contribution in [2.75, 3.05) is 0 Å². The lowest BCUT2D eigenvalue weighted by Crippen LogP contribution is -2.21. The van der Waals surface area contributed by atoms with Crippen LogP contribution in [0.1, 0.15) is 5.69 Å². The van der Waals surface area contributed by atoms with E-state index in [0.29, 0.717) is 0 Å². The lowest BCUT2D eigenvalue weighted by Gasteiger charge is -2.13. The Labute approximate surface area is 121 Å². The van der Waals surface area contributed by atoms with E-state index in [1.807, 2.05) is 0 Å². The van der Waals surface area contributed by atoms with Crippen LogP contribution in [-0.2, 0) is 15.2 Å². The van der Waals surface area contributed by atoms with E-state index in [-0.39, 0.29) is 6.07 Å². The summed E-state index contributed by atoms with van der Waals surface area (Å²) in [5.74, 6) is -2.01. The van der Waals surface area contributed by atoms with Crippen molar-refractivity contribution in [1.82, 2.24) is 4.98 Å². The molecule has 15 heteroatoms. The van der Waals surface area contributed by atoms with E-state index in [0.717, 1.165) is 0 Å². The molecule has 22 heavy (non-hydrogen) atoms. The van der Waals surface area contributed by atoms with Gasteiger partial charge in [0.1, 0.15) is 0 Å². The van der Waals surface area contributed by atoms with Crippen molar-refractivity contribution in [3.05, 3.63) is 21.9 Å². The molecule has 1 aromatic rings. The van der Waals surface area contributed by atoms with E-state index in [2.05, 4.69) is 9.72 Å². The summed E-state index contributed by atoms with van der Waals surface area (Å²) in [7, 11) is -0.324. The highest BCUT2D eigenvalue weighted by Gasteiger charge is 2.46. The summed E-state index contributed by atoms with van der Waals surface area (Å²) in [4.78, 5) is 11.1. The molecule has 0 aliphatic carbocycles. The van der Waals surface area contributed by atoms with E-state index in [1.165, 1.54) is 0 Å². The number of halogens is 7. The number of hydrogen-bond acceptors (Lipinski definition) is 6. The lowest BCUT2D eigenvalue weighted by molar-refractivity contribution is -0.392. The van der Waals surface area contributed by atoms with Crippen molar-refractivity contribution in [3.63, 3.8) is 0 Å². The maximum absolute atomic E-state index is 12.6. The second-order valence-corrected chi connectivity index (χ2v) is 5.91. The number of ether oxygens (including phenoxy) is 1. The largest absolute Gasteiger partial charge is 0.573 e. The minimum Gasteiger partial charge on any atom is -0.398 e. The molecule has 0 unspecified atom stereocenters. The Morgan fingerprint density at radius 1 is 1.23 bits per heavy atom. The van der Waals surface area contributed by atoms with E-state index in [4.69, 9.17) is 10.7 Å². The number of pyridine rings is 1. The summed E-state index contributed by atoms with van der Waals surface area (Å²) in [6.07, 6.45) is -11.3. The third-order valence-corrected chi connectivity index (χ3v) is 3.04. The third kappa shape index (κ3) is 4.33. The molecule has 7 nitrogen and oxygen atoms in total. The molecule has 0 spiro atoms. The minimum atomic E-state index is -5.64. The highest BCUT2D eigenvalue weighted by atomic mass is 35.7. The monoisotopic (exact) mass is 374 g/mol. The number of rotatable bonds is 3. The molecule has 0 fully saturated rings. The van der Waals surface area contributed by atoms with Gasteiger partial charge in [-0.2, -0.15) is 13.2 Å². The summed E-state index contributed by atoms with van der Waals surface area (Å²) in [6, 6.07) is -0.233. The van der Waals surface area contributed by atoms with Crippen LogP contribution >= 0.6 is 10.7 Å². The molecule has 0 saturated heterocycles. The summed E-state index contributed by atoms with van der Waals surface area (Å²) in [6.45, 7) is 0. The van der Waals surface area contributed by atoms with Crippen molar-refractivity contribution in [3.8, 4) is 5.75 Å². The molecule has 0 aliphatic heterocycles. The molecule has 0 aromatic carbocycles. The molecule has 0 aliphatic rings. The molecular weight excluding hydrogens is 374 g/mol. The van der Waals surface area contributed by atoms with E-state index in [1.54, 1.807) is 0 Å². The van der Waals surface area contributed by atoms with Gasteiger partial charge in [-0.3, -0.25) is 10.1 Å². The average molecular weight is 375 g/mol. The zero-order valence-electron chi connectivity index (χ0n) is 9.57. The Hall–Kier alpha value is -1.83. The van der Waals surface area contributed by atoms with Crippen LogP contribution in [0.5, 0.6) is 5.75 Å². The Bertz CT molecular complexity index is 715. The first-order valence-electron chi connectivity index (χ1n) is 4.60. The minimum absolute atomic E-state index is 0.233. The first-order valence-corrected chi connectivity index (χ1v) is 6.91. The van der Waals surface area contributed by atoms with Crippen molar-refractivity contribution in [1.29, 1.82) is 0 Å². The van der Waals surface area contributed by atoms with Crippen LogP contribution in [0.25, 0.3) is 0 Å². The second-order valence-electron chi connectivity index (χ2n) is 3.40. The summed E-state index contributed by atoms with van der Waals surface area (Å²) < 4.78 is 99.2. The van der Waals surface area contributed by atoms with Gasteiger partial charge in [0, 0.05) is 16.7 Å². The maximum atomic E-state index is 12.6. The van der Waals surface area contributed by atoms with Crippen LogP contribution in [0.3, 0.4) is 0 Å². The zero-order valence-corrected chi connectivity index (χ0v) is 11.1. The maximum Gasteiger partial charge on any atom is 0.573 e. The fraction of sp³-hybridized carbons (Fsp3) is 0.286. The Kier molecular flexibility index (Phi) is 4.49. The van der Waals surface area contributed by atoms with Gasteiger partial charge in [0.25, 0.3) is 9.05 Å². The predicted molar refractivity (Wildman–Crippen MR) is 55.6 cm³/mol. The van der Waals surface area contributed by atoms with Gasteiger partial charge < -0.3 is 4.74 Å². The molecule has 0 radical (unpaired) electrons. The normalized spacial score (nSPS) is 13.0. The van der Waals surface area contributed by atoms with Crippen molar-refractivity contribution in [2.24, 2.45) is 0 Å². The number of alkyl halides is 6. The average Bonchev–Trinajstić information content (AvgIpc) is 2.22. The topological polar surface area (TPSA) is 99.4 Å². The van der Waals surface area contributed by atoms with Crippen LogP contribution in [0.15, 0.2) is 11.1 Å². The summed E-state index contributed by atoms with van der Waals surface area (Å²) in [5.41, 5.74) is -4.70. The highest BCUT2D eigenvalue weighted by molar-refractivity contribution is 8.13. The van der Waals surface area contributed by atoms with Gasteiger partial charge in [0.15, 0.2) is 5.03 Å². The standard InChI is InChI=1S/C7HClF6N2O5S/c8-22(19,20)3-1-2(21-7(12,13)14)4(16(17)18)5(15-3)6(9,10)11/h1H. The van der Waals surface area contributed by atoms with Crippen LogP contribution in [0.2, 0.25) is 0 Å². The van der Waals surface area contributed by atoms with Gasteiger partial charge >= 0.3 is 18.2 Å². The lowest BCUT2D eigenvalue weighted by atomic mass is 10.2. The Morgan fingerprint density at radius 2 is 1.73 bits per heavy atom. The second kappa shape index (κ2) is 5.42. The van der Waals surface area contributed by atoms with Crippen molar-refractivity contribution < 1.29 is 44.4 Å². The molecule has 1 heterocycles. The van der Waals surface area contributed by atoms with Gasteiger partial charge in [-0.05, 0) is 0 Å². The third-order valence-electron chi connectivity index (χ3n) is 1.86. The molecule has 0 N–H and O–H groups in total. The molecule has 1 aromatic heterocycles. The Morgan fingerprint density at radius 3 is 2.05 bits per heavy atom. The van der Waals surface area contributed by atoms with E-state index < -0.39 is 48.7 Å². The number of hydrogen-bond donors (Lipinski definition) is 0. The molecule has 1 rings (SSSR count). The molecule has 124 valence electrons. The molecule has 0 saturated carbocycles. The predicted octanol–water partition coefficient (Wildman–Crippen LogP) is 2.83. The van der Waals surface area contributed by atoms with Crippen molar-refractivity contribution in [2.45, 2.75) is 17.6 Å². The highest BCUT2D eigenvalue weighted by Crippen LogP contribution is 2.43. The van der Waals surface area contributed by atoms with Crippen LogP contribution in [-0.4, -0.2) is 24.7 Å². The van der Waals surface area contributed by atoms with Gasteiger partial charge in [0.2, 0.25) is 11.4 Å².